The maximum absolute atomic E-state index is 6.13. The summed E-state index contributed by atoms with van der Waals surface area (Å²) >= 11 is 5.95. The first kappa shape index (κ1) is 18.2. The number of halogens is 1. The summed E-state index contributed by atoms with van der Waals surface area (Å²) in [7, 11) is 0. The molecule has 0 bridgehead atoms. The van der Waals surface area contributed by atoms with Gasteiger partial charge in [0.2, 0.25) is 0 Å². The molecule has 0 heterocycles. The van der Waals surface area contributed by atoms with Gasteiger partial charge in [-0.05, 0) is 42.8 Å². The van der Waals surface area contributed by atoms with Crippen molar-refractivity contribution in [1.82, 2.24) is 0 Å². The number of benzene rings is 3. The van der Waals surface area contributed by atoms with Crippen LogP contribution in [0.4, 0.5) is 5.69 Å². The van der Waals surface area contributed by atoms with Crippen LogP contribution in [0.1, 0.15) is 18.1 Å². The number of anilines is 1. The van der Waals surface area contributed by atoms with Crippen LogP contribution < -0.4 is 14.8 Å². The quantitative estimate of drug-likeness (QED) is 0.535. The Labute approximate surface area is 159 Å². The Morgan fingerprint density at radius 3 is 2.35 bits per heavy atom. The smallest absolute Gasteiger partial charge is 0.166 e. The molecule has 26 heavy (non-hydrogen) atoms. The Kier molecular flexibility index (Phi) is 6.39. The average Bonchev–Trinajstić information content (AvgIpc) is 2.68. The maximum atomic E-state index is 6.13. The van der Waals surface area contributed by atoms with Gasteiger partial charge < -0.3 is 14.8 Å². The van der Waals surface area contributed by atoms with E-state index in [2.05, 4.69) is 11.4 Å². The van der Waals surface area contributed by atoms with Crippen LogP contribution in [-0.2, 0) is 13.2 Å². The molecule has 134 valence electrons. The molecule has 0 atom stereocenters. The molecule has 1 N–H and O–H groups in total. The molecule has 0 radical (unpaired) electrons. The third-order valence-electron chi connectivity index (χ3n) is 3.91. The fraction of sp³-hybridized carbons (Fsp3) is 0.182. The van der Waals surface area contributed by atoms with Crippen molar-refractivity contribution in [3.63, 3.8) is 0 Å². The van der Waals surface area contributed by atoms with Gasteiger partial charge in [0.25, 0.3) is 0 Å². The van der Waals surface area contributed by atoms with Crippen LogP contribution in [0, 0.1) is 0 Å². The van der Waals surface area contributed by atoms with E-state index in [-0.39, 0.29) is 0 Å². The van der Waals surface area contributed by atoms with E-state index in [4.69, 9.17) is 21.1 Å². The first-order valence-electron chi connectivity index (χ1n) is 8.67. The lowest BCUT2D eigenvalue weighted by Crippen LogP contribution is -2.06. The Bertz CT molecular complexity index is 819. The van der Waals surface area contributed by atoms with Crippen LogP contribution in [0.2, 0.25) is 5.02 Å². The van der Waals surface area contributed by atoms with Gasteiger partial charge in [-0.15, -0.1) is 0 Å². The van der Waals surface area contributed by atoms with Crippen molar-refractivity contribution in [2.45, 2.75) is 20.1 Å². The fourth-order valence-electron chi connectivity index (χ4n) is 2.62. The average molecular weight is 368 g/mol. The van der Waals surface area contributed by atoms with E-state index in [0.29, 0.717) is 19.8 Å². The van der Waals surface area contributed by atoms with Gasteiger partial charge in [0.15, 0.2) is 11.5 Å². The van der Waals surface area contributed by atoms with Gasteiger partial charge in [-0.2, -0.15) is 0 Å². The molecule has 3 rings (SSSR count). The molecule has 0 unspecified atom stereocenters. The van der Waals surface area contributed by atoms with Crippen LogP contribution in [-0.4, -0.2) is 6.61 Å². The van der Waals surface area contributed by atoms with Crippen molar-refractivity contribution < 1.29 is 9.47 Å². The maximum Gasteiger partial charge on any atom is 0.166 e. The zero-order valence-corrected chi connectivity index (χ0v) is 15.5. The standard InChI is InChI=1S/C22H22ClNO2/c1-2-25-21-10-6-7-18(15-24-20-8-4-3-5-9-20)22(21)26-16-17-11-13-19(23)14-12-17/h3-14,24H,2,15-16H2,1H3. The van der Waals surface area contributed by atoms with Crippen molar-refractivity contribution in [2.24, 2.45) is 0 Å². The van der Waals surface area contributed by atoms with Gasteiger partial charge in [0.1, 0.15) is 6.61 Å². The molecule has 0 saturated carbocycles. The minimum Gasteiger partial charge on any atom is -0.490 e. The van der Waals surface area contributed by atoms with E-state index in [1.54, 1.807) is 0 Å². The molecule has 0 spiro atoms. The summed E-state index contributed by atoms with van der Waals surface area (Å²) < 4.78 is 11.9. The SMILES string of the molecule is CCOc1cccc(CNc2ccccc2)c1OCc1ccc(Cl)cc1. The summed E-state index contributed by atoms with van der Waals surface area (Å²) in [6.45, 7) is 3.67. The molecule has 3 nitrogen and oxygen atoms in total. The highest BCUT2D eigenvalue weighted by atomic mass is 35.5. The summed E-state index contributed by atoms with van der Waals surface area (Å²) in [6.07, 6.45) is 0. The third kappa shape index (κ3) is 4.93. The van der Waals surface area contributed by atoms with Gasteiger partial charge in [0.05, 0.1) is 6.61 Å². The minimum absolute atomic E-state index is 0.458. The lowest BCUT2D eigenvalue weighted by molar-refractivity contribution is 0.267. The molecular weight excluding hydrogens is 346 g/mol. The summed E-state index contributed by atoms with van der Waals surface area (Å²) in [5.74, 6) is 1.53. The van der Waals surface area contributed by atoms with Crippen LogP contribution in [0.15, 0.2) is 72.8 Å². The molecule has 0 saturated heterocycles. The Morgan fingerprint density at radius 2 is 1.62 bits per heavy atom. The number of hydrogen-bond acceptors (Lipinski definition) is 3. The third-order valence-corrected chi connectivity index (χ3v) is 4.17. The van der Waals surface area contributed by atoms with Gasteiger partial charge in [0, 0.05) is 22.8 Å². The van der Waals surface area contributed by atoms with Crippen LogP contribution in [0.3, 0.4) is 0 Å². The molecule has 0 aromatic heterocycles. The normalized spacial score (nSPS) is 10.4. The van der Waals surface area contributed by atoms with Gasteiger partial charge in [-0.25, -0.2) is 0 Å². The highest BCUT2D eigenvalue weighted by Crippen LogP contribution is 2.32. The predicted molar refractivity (Wildman–Crippen MR) is 107 cm³/mol. The van der Waals surface area contributed by atoms with Crippen molar-refractivity contribution in [3.8, 4) is 11.5 Å². The zero-order chi connectivity index (χ0) is 18.2. The van der Waals surface area contributed by atoms with E-state index in [9.17, 15) is 0 Å². The number of hydrogen-bond donors (Lipinski definition) is 1. The van der Waals surface area contributed by atoms with E-state index in [0.717, 1.165) is 33.3 Å². The van der Waals surface area contributed by atoms with Crippen LogP contribution >= 0.6 is 11.6 Å². The van der Waals surface area contributed by atoms with Gasteiger partial charge >= 0.3 is 0 Å². The topological polar surface area (TPSA) is 30.5 Å². The summed E-state index contributed by atoms with van der Waals surface area (Å²) in [4.78, 5) is 0. The molecule has 0 aliphatic rings. The number of ether oxygens (including phenoxy) is 2. The van der Waals surface area contributed by atoms with Crippen molar-refractivity contribution >= 4 is 17.3 Å². The Balaban J connectivity index is 1.77. The first-order chi connectivity index (χ1) is 12.8. The summed E-state index contributed by atoms with van der Waals surface area (Å²) in [6, 6.07) is 23.8. The molecule has 3 aromatic rings. The molecule has 0 aliphatic heterocycles. The largest absolute Gasteiger partial charge is 0.490 e. The van der Waals surface area contributed by atoms with Crippen LogP contribution in [0.25, 0.3) is 0 Å². The molecule has 0 aliphatic carbocycles. The second kappa shape index (κ2) is 9.16. The molecular formula is C22H22ClNO2. The second-order valence-corrected chi connectivity index (χ2v) is 6.25. The van der Waals surface area contributed by atoms with E-state index < -0.39 is 0 Å². The molecule has 4 heteroatoms. The number of rotatable bonds is 8. The first-order valence-corrected chi connectivity index (χ1v) is 9.05. The molecule has 3 aromatic carbocycles. The monoisotopic (exact) mass is 367 g/mol. The highest BCUT2D eigenvalue weighted by molar-refractivity contribution is 6.30. The molecule has 0 amide bonds. The Hall–Kier alpha value is -2.65. The van der Waals surface area contributed by atoms with E-state index in [1.165, 1.54) is 0 Å². The minimum atomic E-state index is 0.458. The van der Waals surface area contributed by atoms with Gasteiger partial charge in [-0.1, -0.05) is 54.1 Å². The van der Waals surface area contributed by atoms with E-state index in [1.807, 2.05) is 73.7 Å². The zero-order valence-electron chi connectivity index (χ0n) is 14.7. The fourth-order valence-corrected chi connectivity index (χ4v) is 2.75. The van der Waals surface area contributed by atoms with Crippen molar-refractivity contribution in [2.75, 3.05) is 11.9 Å². The van der Waals surface area contributed by atoms with E-state index >= 15 is 0 Å². The Morgan fingerprint density at radius 1 is 0.846 bits per heavy atom. The lowest BCUT2D eigenvalue weighted by atomic mass is 10.1. The number of nitrogens with one attached hydrogen (secondary N) is 1. The van der Waals surface area contributed by atoms with Crippen molar-refractivity contribution in [1.29, 1.82) is 0 Å². The van der Waals surface area contributed by atoms with Gasteiger partial charge in [-0.3, -0.25) is 0 Å². The highest BCUT2D eigenvalue weighted by Gasteiger charge is 2.11. The lowest BCUT2D eigenvalue weighted by Gasteiger charge is -2.17. The predicted octanol–water partition coefficient (Wildman–Crippen LogP) is 5.93. The summed E-state index contributed by atoms with van der Waals surface area (Å²) in [5, 5.41) is 4.14. The van der Waals surface area contributed by atoms with Crippen LogP contribution in [0.5, 0.6) is 11.5 Å². The number of para-hydroxylation sites is 2. The summed E-state index contributed by atoms with van der Waals surface area (Å²) in [5.41, 5.74) is 3.18. The second-order valence-electron chi connectivity index (χ2n) is 5.81. The van der Waals surface area contributed by atoms with Crippen molar-refractivity contribution in [3.05, 3.63) is 88.9 Å². The molecule has 0 fully saturated rings.